The third-order valence-corrected chi connectivity index (χ3v) is 9.06. The molecule has 0 spiro atoms. The minimum absolute atomic E-state index is 0.0496. The van der Waals surface area contributed by atoms with Crippen molar-refractivity contribution in [3.8, 4) is 22.8 Å². The van der Waals surface area contributed by atoms with Gasteiger partial charge in [-0.2, -0.15) is 8.42 Å². The zero-order valence-corrected chi connectivity index (χ0v) is 27.2. The van der Waals surface area contributed by atoms with Crippen molar-refractivity contribution in [2.45, 2.75) is 39.0 Å². The standard InChI is InChI=1S/C37H34ClNO5S/c1-5-42-23-43-36-31(19-24-11-9-10-14-28(24)32(36)22-37(2,3)4)35-34-29(17-18-39-35)30-21-26(38)16-15-25(30)20-33(34)44-45(40,41)27-12-7-6-8-13-27/h6-21H,5,22-23H2,1-4H3. The maximum absolute atomic E-state index is 13.6. The smallest absolute Gasteiger partial charge is 0.339 e. The van der Waals surface area contributed by atoms with E-state index in [1.54, 1.807) is 36.5 Å². The average Bonchev–Trinajstić information content (AvgIpc) is 3.01. The first-order chi connectivity index (χ1) is 21.6. The van der Waals surface area contributed by atoms with Crippen LogP contribution in [0.4, 0.5) is 0 Å². The summed E-state index contributed by atoms with van der Waals surface area (Å²) >= 11 is 6.47. The topological polar surface area (TPSA) is 74.7 Å². The van der Waals surface area contributed by atoms with Crippen LogP contribution in [0.5, 0.6) is 11.5 Å². The number of pyridine rings is 1. The van der Waals surface area contributed by atoms with Crippen LogP contribution in [0.15, 0.2) is 102 Å². The van der Waals surface area contributed by atoms with E-state index in [0.717, 1.165) is 38.9 Å². The van der Waals surface area contributed by atoms with Gasteiger partial charge in [-0.3, -0.25) is 4.98 Å². The molecule has 5 aromatic carbocycles. The fraction of sp³-hybridized carbons (Fsp3) is 0.216. The molecule has 0 N–H and O–H groups in total. The Labute approximate surface area is 268 Å². The normalized spacial score (nSPS) is 12.2. The van der Waals surface area contributed by atoms with Gasteiger partial charge in [0.15, 0.2) is 12.5 Å². The summed E-state index contributed by atoms with van der Waals surface area (Å²) in [4.78, 5) is 4.93. The summed E-state index contributed by atoms with van der Waals surface area (Å²) in [6.07, 6.45) is 2.44. The monoisotopic (exact) mass is 639 g/mol. The molecule has 0 saturated carbocycles. The molecule has 230 valence electrons. The Balaban J connectivity index is 1.70. The van der Waals surface area contributed by atoms with E-state index >= 15 is 0 Å². The van der Waals surface area contributed by atoms with Gasteiger partial charge in [-0.05, 0) is 88.2 Å². The molecule has 1 heterocycles. The number of hydrogen-bond donors (Lipinski definition) is 0. The van der Waals surface area contributed by atoms with E-state index in [-0.39, 0.29) is 22.9 Å². The lowest BCUT2D eigenvalue weighted by Crippen LogP contribution is -2.13. The summed E-state index contributed by atoms with van der Waals surface area (Å²) in [5, 5.41) is 5.55. The van der Waals surface area contributed by atoms with Gasteiger partial charge in [0.05, 0.1) is 11.1 Å². The van der Waals surface area contributed by atoms with Crippen molar-refractivity contribution in [3.63, 3.8) is 0 Å². The molecular formula is C37H34ClNO5S. The molecule has 0 fully saturated rings. The average molecular weight is 640 g/mol. The summed E-state index contributed by atoms with van der Waals surface area (Å²) in [6, 6.07) is 27.4. The quantitative estimate of drug-likeness (QED) is 0.0679. The van der Waals surface area contributed by atoms with E-state index in [1.165, 1.54) is 12.1 Å². The molecule has 8 heteroatoms. The summed E-state index contributed by atoms with van der Waals surface area (Å²) in [5.41, 5.74) is 2.20. The van der Waals surface area contributed by atoms with Gasteiger partial charge in [0.25, 0.3) is 0 Å². The molecule has 0 radical (unpaired) electrons. The first-order valence-electron chi connectivity index (χ1n) is 14.8. The fourth-order valence-corrected chi connectivity index (χ4v) is 6.82. The molecule has 0 aliphatic heterocycles. The van der Waals surface area contributed by atoms with Crippen LogP contribution in [0.1, 0.15) is 33.3 Å². The van der Waals surface area contributed by atoms with E-state index in [2.05, 4.69) is 32.9 Å². The highest BCUT2D eigenvalue weighted by molar-refractivity contribution is 7.87. The first-order valence-corrected chi connectivity index (χ1v) is 16.6. The predicted molar refractivity (Wildman–Crippen MR) is 182 cm³/mol. The van der Waals surface area contributed by atoms with Crippen molar-refractivity contribution in [2.75, 3.05) is 13.4 Å². The van der Waals surface area contributed by atoms with Gasteiger partial charge in [0.2, 0.25) is 0 Å². The number of nitrogens with zero attached hydrogens (tertiary/aromatic N) is 1. The highest BCUT2D eigenvalue weighted by Gasteiger charge is 2.26. The van der Waals surface area contributed by atoms with Crippen LogP contribution in [0.2, 0.25) is 5.02 Å². The van der Waals surface area contributed by atoms with E-state index in [4.69, 9.17) is 30.2 Å². The van der Waals surface area contributed by atoms with E-state index < -0.39 is 10.1 Å². The van der Waals surface area contributed by atoms with Gasteiger partial charge in [-0.25, -0.2) is 0 Å². The van der Waals surface area contributed by atoms with Gasteiger partial charge < -0.3 is 13.7 Å². The van der Waals surface area contributed by atoms with Crippen LogP contribution in [0.25, 0.3) is 43.6 Å². The molecule has 45 heavy (non-hydrogen) atoms. The maximum Gasteiger partial charge on any atom is 0.339 e. The molecule has 0 atom stereocenters. The Kier molecular flexibility index (Phi) is 8.44. The van der Waals surface area contributed by atoms with Gasteiger partial charge in [-0.1, -0.05) is 80.9 Å². The zero-order chi connectivity index (χ0) is 31.8. The van der Waals surface area contributed by atoms with Gasteiger partial charge in [-0.15, -0.1) is 0 Å². The molecule has 0 bridgehead atoms. The summed E-state index contributed by atoms with van der Waals surface area (Å²) in [6.45, 7) is 9.02. The number of hydrogen-bond acceptors (Lipinski definition) is 6. The lowest BCUT2D eigenvalue weighted by atomic mass is 9.84. The molecular weight excluding hydrogens is 606 g/mol. The van der Waals surface area contributed by atoms with Crippen molar-refractivity contribution in [2.24, 2.45) is 5.41 Å². The lowest BCUT2D eigenvalue weighted by molar-refractivity contribution is 0.0221. The van der Waals surface area contributed by atoms with Crippen molar-refractivity contribution in [3.05, 3.63) is 108 Å². The largest absolute Gasteiger partial charge is 0.467 e. The zero-order valence-electron chi connectivity index (χ0n) is 25.6. The maximum atomic E-state index is 13.6. The van der Waals surface area contributed by atoms with Crippen LogP contribution in [-0.2, 0) is 21.3 Å². The van der Waals surface area contributed by atoms with Gasteiger partial charge in [0.1, 0.15) is 10.6 Å². The van der Waals surface area contributed by atoms with Crippen molar-refractivity contribution in [1.82, 2.24) is 4.98 Å². The third-order valence-electron chi connectivity index (χ3n) is 7.58. The van der Waals surface area contributed by atoms with E-state index in [0.29, 0.717) is 34.0 Å². The van der Waals surface area contributed by atoms with Crippen LogP contribution in [-0.4, -0.2) is 26.8 Å². The van der Waals surface area contributed by atoms with Crippen LogP contribution < -0.4 is 8.92 Å². The molecule has 1 aromatic heterocycles. The van der Waals surface area contributed by atoms with Gasteiger partial charge >= 0.3 is 10.1 Å². The Morgan fingerprint density at radius 2 is 1.56 bits per heavy atom. The number of fused-ring (bicyclic) bond motifs is 4. The van der Waals surface area contributed by atoms with E-state index in [1.807, 2.05) is 43.3 Å². The number of aromatic nitrogens is 1. The molecule has 0 saturated heterocycles. The van der Waals surface area contributed by atoms with Crippen molar-refractivity contribution < 1.29 is 22.1 Å². The second kappa shape index (κ2) is 12.3. The number of rotatable bonds is 9. The highest BCUT2D eigenvalue weighted by Crippen LogP contribution is 2.46. The molecule has 0 amide bonds. The van der Waals surface area contributed by atoms with Crippen LogP contribution >= 0.6 is 11.6 Å². The Hall–Kier alpha value is -4.17. The Morgan fingerprint density at radius 3 is 2.31 bits per heavy atom. The number of benzene rings is 5. The second-order valence-electron chi connectivity index (χ2n) is 12.1. The van der Waals surface area contributed by atoms with Crippen LogP contribution in [0.3, 0.4) is 0 Å². The molecule has 0 unspecified atom stereocenters. The lowest BCUT2D eigenvalue weighted by Gasteiger charge is -2.25. The predicted octanol–water partition coefficient (Wildman–Crippen LogP) is 9.59. The Bertz CT molecular complexity index is 2140. The number of ether oxygens (including phenoxy) is 2. The third kappa shape index (κ3) is 6.34. The van der Waals surface area contributed by atoms with E-state index in [9.17, 15) is 8.42 Å². The SMILES string of the molecule is CCOCOc1c(-c2nccc3c2c(OS(=O)(=O)c2ccccc2)cc2ccc(Cl)cc23)cc2ccccc2c1CC(C)(C)C. The first kappa shape index (κ1) is 30.8. The molecule has 6 rings (SSSR count). The second-order valence-corrected chi connectivity index (χ2v) is 14.1. The highest BCUT2D eigenvalue weighted by atomic mass is 35.5. The number of halogens is 1. The molecule has 6 aromatic rings. The minimum atomic E-state index is -4.18. The van der Waals surface area contributed by atoms with Crippen LogP contribution in [0, 0.1) is 5.41 Å². The van der Waals surface area contributed by atoms with Gasteiger partial charge in [0, 0.05) is 29.0 Å². The van der Waals surface area contributed by atoms with Crippen molar-refractivity contribution >= 4 is 54.0 Å². The molecule has 6 nitrogen and oxygen atoms in total. The molecule has 0 aliphatic rings. The Morgan fingerprint density at radius 1 is 0.822 bits per heavy atom. The van der Waals surface area contributed by atoms with Crippen molar-refractivity contribution in [1.29, 1.82) is 0 Å². The summed E-state index contributed by atoms with van der Waals surface area (Å²) < 4.78 is 45.3. The summed E-state index contributed by atoms with van der Waals surface area (Å²) in [5.74, 6) is 0.799. The molecule has 0 aliphatic carbocycles. The fourth-order valence-electron chi connectivity index (χ4n) is 5.69. The summed E-state index contributed by atoms with van der Waals surface area (Å²) in [7, 11) is -4.18. The minimum Gasteiger partial charge on any atom is -0.467 e.